The molecule has 0 spiro atoms. The fourth-order valence-electron chi connectivity index (χ4n) is 3.71. The zero-order valence-corrected chi connectivity index (χ0v) is 13.8. The van der Waals surface area contributed by atoms with Crippen molar-refractivity contribution in [3.63, 3.8) is 0 Å². The summed E-state index contributed by atoms with van der Waals surface area (Å²) in [6.45, 7) is 2.26. The Hall–Kier alpha value is -1.81. The van der Waals surface area contributed by atoms with Crippen molar-refractivity contribution in [1.29, 1.82) is 0 Å². The van der Waals surface area contributed by atoms with Crippen molar-refractivity contribution in [2.75, 3.05) is 6.61 Å². The van der Waals surface area contributed by atoms with Crippen LogP contribution in [0.4, 0.5) is 0 Å². The van der Waals surface area contributed by atoms with E-state index in [0.29, 0.717) is 6.42 Å². The lowest BCUT2D eigenvalue weighted by Crippen LogP contribution is -2.43. The maximum Gasteiger partial charge on any atom is 0.220 e. The number of aromatic nitrogens is 1. The van der Waals surface area contributed by atoms with Crippen LogP contribution in [0.3, 0.4) is 0 Å². The average molecular weight is 314 g/mol. The molecule has 1 aliphatic rings. The molecule has 0 radical (unpaired) electrons. The second-order valence-corrected chi connectivity index (χ2v) is 6.71. The van der Waals surface area contributed by atoms with Crippen molar-refractivity contribution in [2.24, 2.45) is 5.92 Å². The predicted octanol–water partition coefficient (Wildman–Crippen LogP) is 3.08. The van der Waals surface area contributed by atoms with E-state index < -0.39 is 0 Å². The molecule has 1 saturated carbocycles. The first-order valence-corrected chi connectivity index (χ1v) is 8.65. The largest absolute Gasteiger partial charge is 0.396 e. The summed E-state index contributed by atoms with van der Waals surface area (Å²) in [6, 6.07) is 6.40. The van der Waals surface area contributed by atoms with Crippen LogP contribution < -0.4 is 5.32 Å². The van der Waals surface area contributed by atoms with E-state index in [1.165, 1.54) is 16.5 Å². The Kier molecular flexibility index (Phi) is 5.01. The van der Waals surface area contributed by atoms with Crippen molar-refractivity contribution < 1.29 is 9.90 Å². The first-order valence-electron chi connectivity index (χ1n) is 8.65. The summed E-state index contributed by atoms with van der Waals surface area (Å²) in [7, 11) is 0. The van der Waals surface area contributed by atoms with E-state index in [1.807, 2.05) is 6.20 Å². The van der Waals surface area contributed by atoms with Gasteiger partial charge in [0, 0.05) is 42.1 Å². The first-order chi connectivity index (χ1) is 11.2. The summed E-state index contributed by atoms with van der Waals surface area (Å²) in [6.07, 6.45) is 7.56. The molecule has 1 amide bonds. The van der Waals surface area contributed by atoms with E-state index in [2.05, 4.69) is 35.4 Å². The van der Waals surface area contributed by atoms with Gasteiger partial charge < -0.3 is 15.4 Å². The van der Waals surface area contributed by atoms with Gasteiger partial charge >= 0.3 is 0 Å². The average Bonchev–Trinajstić information content (AvgIpc) is 2.98. The molecule has 1 heterocycles. The van der Waals surface area contributed by atoms with Gasteiger partial charge in [-0.2, -0.15) is 0 Å². The number of hydrogen-bond acceptors (Lipinski definition) is 2. The number of amides is 1. The number of aliphatic hydroxyl groups excluding tert-OH is 1. The second-order valence-electron chi connectivity index (χ2n) is 6.71. The van der Waals surface area contributed by atoms with Crippen LogP contribution >= 0.6 is 0 Å². The van der Waals surface area contributed by atoms with Gasteiger partial charge in [0.25, 0.3) is 0 Å². The fraction of sp³-hybridized carbons (Fsp3) is 0.526. The Labute approximate surface area is 137 Å². The second kappa shape index (κ2) is 7.18. The van der Waals surface area contributed by atoms with Crippen LogP contribution in [0, 0.1) is 12.8 Å². The Balaban J connectivity index is 1.59. The molecule has 1 aromatic heterocycles. The zero-order chi connectivity index (χ0) is 16.2. The molecular formula is C19H26N2O2. The normalized spacial score (nSPS) is 21.5. The molecule has 23 heavy (non-hydrogen) atoms. The minimum Gasteiger partial charge on any atom is -0.396 e. The summed E-state index contributed by atoms with van der Waals surface area (Å²) in [4.78, 5) is 15.6. The number of H-pyrrole nitrogens is 1. The Morgan fingerprint density at radius 1 is 1.35 bits per heavy atom. The molecule has 2 aromatic rings. The zero-order valence-electron chi connectivity index (χ0n) is 13.8. The minimum atomic E-state index is 0.0948. The highest BCUT2D eigenvalue weighted by molar-refractivity contribution is 5.86. The van der Waals surface area contributed by atoms with E-state index in [-0.39, 0.29) is 24.5 Å². The number of benzene rings is 1. The van der Waals surface area contributed by atoms with Gasteiger partial charge in [0.15, 0.2) is 0 Å². The quantitative estimate of drug-likeness (QED) is 0.794. The number of fused-ring (bicyclic) bond motifs is 1. The Bertz CT molecular complexity index is 677. The lowest BCUT2D eigenvalue weighted by atomic mass is 9.85. The maximum absolute atomic E-state index is 12.3. The van der Waals surface area contributed by atoms with Crippen molar-refractivity contribution in [3.05, 3.63) is 35.5 Å². The maximum atomic E-state index is 12.3. The van der Waals surface area contributed by atoms with E-state index >= 15 is 0 Å². The Morgan fingerprint density at radius 3 is 3.00 bits per heavy atom. The van der Waals surface area contributed by atoms with Gasteiger partial charge in [-0.15, -0.1) is 0 Å². The SMILES string of the molecule is Cc1cccc2c(CCC(=O)NC3CCCCC3CO)c[nH]c12. The molecule has 1 fully saturated rings. The van der Waals surface area contributed by atoms with Crippen molar-refractivity contribution in [1.82, 2.24) is 10.3 Å². The monoisotopic (exact) mass is 314 g/mol. The van der Waals surface area contributed by atoms with Crippen LogP contribution in [0.1, 0.15) is 43.2 Å². The molecule has 0 aliphatic heterocycles. The topological polar surface area (TPSA) is 65.1 Å². The number of hydrogen-bond donors (Lipinski definition) is 3. The molecule has 4 heteroatoms. The molecule has 1 aliphatic carbocycles. The molecular weight excluding hydrogens is 288 g/mol. The number of aromatic amines is 1. The number of carbonyl (C=O) groups is 1. The molecule has 3 rings (SSSR count). The van der Waals surface area contributed by atoms with Gasteiger partial charge in [0.05, 0.1) is 0 Å². The molecule has 124 valence electrons. The van der Waals surface area contributed by atoms with E-state index in [4.69, 9.17) is 0 Å². The molecule has 4 nitrogen and oxygen atoms in total. The van der Waals surface area contributed by atoms with Gasteiger partial charge in [0.2, 0.25) is 5.91 Å². The molecule has 2 atom stereocenters. The number of carbonyl (C=O) groups excluding carboxylic acids is 1. The Morgan fingerprint density at radius 2 is 2.17 bits per heavy atom. The number of para-hydroxylation sites is 1. The highest BCUT2D eigenvalue weighted by atomic mass is 16.3. The first kappa shape index (κ1) is 16.1. The van der Waals surface area contributed by atoms with Crippen LogP contribution in [0.2, 0.25) is 0 Å². The van der Waals surface area contributed by atoms with Crippen LogP contribution in [-0.2, 0) is 11.2 Å². The van der Waals surface area contributed by atoms with E-state index in [9.17, 15) is 9.90 Å². The number of aliphatic hydroxyl groups is 1. The fourth-order valence-corrected chi connectivity index (χ4v) is 3.71. The number of nitrogens with one attached hydrogen (secondary N) is 2. The van der Waals surface area contributed by atoms with E-state index in [0.717, 1.165) is 37.6 Å². The highest BCUT2D eigenvalue weighted by Crippen LogP contribution is 2.25. The van der Waals surface area contributed by atoms with Crippen molar-refractivity contribution in [3.8, 4) is 0 Å². The lowest BCUT2D eigenvalue weighted by Gasteiger charge is -2.30. The number of aryl methyl sites for hydroxylation is 2. The summed E-state index contributed by atoms with van der Waals surface area (Å²) >= 11 is 0. The third-order valence-corrected chi connectivity index (χ3v) is 5.12. The van der Waals surface area contributed by atoms with Crippen molar-refractivity contribution >= 4 is 16.8 Å². The van der Waals surface area contributed by atoms with Crippen molar-refractivity contribution in [2.45, 2.75) is 51.5 Å². The summed E-state index contributed by atoms with van der Waals surface area (Å²) in [5.74, 6) is 0.320. The van der Waals surface area contributed by atoms with Crippen LogP contribution in [0.25, 0.3) is 10.9 Å². The standard InChI is InChI=1S/C19H26N2O2/c1-13-5-4-7-16-14(11-20-19(13)16)9-10-18(23)21-17-8-3-2-6-15(17)12-22/h4-5,7,11,15,17,20,22H,2-3,6,8-10,12H2,1H3,(H,21,23). The highest BCUT2D eigenvalue weighted by Gasteiger charge is 2.25. The lowest BCUT2D eigenvalue weighted by molar-refractivity contribution is -0.122. The van der Waals surface area contributed by atoms with Gasteiger partial charge in [-0.3, -0.25) is 4.79 Å². The third kappa shape index (κ3) is 3.58. The smallest absolute Gasteiger partial charge is 0.220 e. The van der Waals surface area contributed by atoms with E-state index in [1.54, 1.807) is 0 Å². The molecule has 1 aromatic carbocycles. The number of rotatable bonds is 5. The summed E-state index contributed by atoms with van der Waals surface area (Å²) in [5.41, 5.74) is 3.59. The molecule has 2 unspecified atom stereocenters. The molecule has 0 bridgehead atoms. The third-order valence-electron chi connectivity index (χ3n) is 5.12. The van der Waals surface area contributed by atoms with Crippen LogP contribution in [-0.4, -0.2) is 28.6 Å². The molecule has 0 saturated heterocycles. The van der Waals surface area contributed by atoms with Crippen LogP contribution in [0.5, 0.6) is 0 Å². The van der Waals surface area contributed by atoms with Gasteiger partial charge in [-0.25, -0.2) is 0 Å². The summed E-state index contributed by atoms with van der Waals surface area (Å²) < 4.78 is 0. The van der Waals surface area contributed by atoms with Gasteiger partial charge in [-0.1, -0.05) is 31.0 Å². The van der Waals surface area contributed by atoms with Crippen LogP contribution in [0.15, 0.2) is 24.4 Å². The van der Waals surface area contributed by atoms with Gasteiger partial charge in [0.1, 0.15) is 0 Å². The van der Waals surface area contributed by atoms with Gasteiger partial charge in [-0.05, 0) is 37.3 Å². The predicted molar refractivity (Wildman–Crippen MR) is 92.3 cm³/mol. The molecule has 3 N–H and O–H groups in total. The summed E-state index contributed by atoms with van der Waals surface area (Å²) in [5, 5.41) is 13.8. The minimum absolute atomic E-state index is 0.0948.